The lowest BCUT2D eigenvalue weighted by Gasteiger charge is -2.16. The largest absolute Gasteiger partial charge is 0.491 e. The molecule has 1 atom stereocenters. The number of hydrogen-bond acceptors (Lipinski definition) is 4. The number of ether oxygens (including phenoxy) is 1. The average Bonchev–Trinajstić information content (AvgIpc) is 2.44. The van der Waals surface area contributed by atoms with Gasteiger partial charge in [0.2, 0.25) is 0 Å². The summed E-state index contributed by atoms with van der Waals surface area (Å²) in [5, 5.41) is 14.8. The Morgan fingerprint density at radius 2 is 2.14 bits per heavy atom. The quantitative estimate of drug-likeness (QED) is 0.700. The van der Waals surface area contributed by atoms with Gasteiger partial charge in [0, 0.05) is 5.56 Å². The van der Waals surface area contributed by atoms with Gasteiger partial charge in [-0.05, 0) is 50.7 Å². The lowest BCUT2D eigenvalue weighted by molar-refractivity contribution is 0.0975. The van der Waals surface area contributed by atoms with Gasteiger partial charge in [-0.15, -0.1) is 0 Å². The zero-order chi connectivity index (χ0) is 15.8. The van der Waals surface area contributed by atoms with Crippen molar-refractivity contribution in [3.8, 4) is 5.75 Å². The van der Waals surface area contributed by atoms with Gasteiger partial charge in [-0.1, -0.05) is 13.0 Å². The fourth-order valence-electron chi connectivity index (χ4n) is 1.66. The second-order valence-corrected chi connectivity index (χ2v) is 5.32. The molecule has 0 saturated heterocycles. The Morgan fingerprint density at radius 1 is 1.43 bits per heavy atom. The number of carbonyl (C=O) groups is 1. The summed E-state index contributed by atoms with van der Waals surface area (Å²) in [6.45, 7) is 5.73. The highest BCUT2D eigenvalue weighted by atomic mass is 32.1. The molecular weight excluding hydrogens is 288 g/mol. The van der Waals surface area contributed by atoms with Gasteiger partial charge in [0.25, 0.3) is 5.91 Å². The molecule has 1 amide bonds. The molecule has 0 saturated carbocycles. The first-order valence-electron chi connectivity index (χ1n) is 6.95. The molecule has 1 rings (SSSR count). The summed E-state index contributed by atoms with van der Waals surface area (Å²) < 4.78 is 5.55. The number of thiocarbonyl (C=S) groups is 1. The first kappa shape index (κ1) is 17.4. The molecule has 0 heterocycles. The number of nitrogens with one attached hydrogen (secondary N) is 2. The Labute approximate surface area is 130 Å². The third kappa shape index (κ3) is 6.10. The lowest BCUT2D eigenvalue weighted by Crippen LogP contribution is -2.45. The van der Waals surface area contributed by atoms with Gasteiger partial charge in [-0.3, -0.25) is 10.1 Å². The third-order valence-electron chi connectivity index (χ3n) is 2.74. The molecule has 1 aromatic rings. The van der Waals surface area contributed by atoms with Crippen LogP contribution in [-0.2, 0) is 0 Å². The van der Waals surface area contributed by atoms with Gasteiger partial charge in [-0.25, -0.2) is 0 Å². The number of amides is 1. The normalized spacial score (nSPS) is 11.9. The Kier molecular flexibility index (Phi) is 7.11. The molecule has 0 bridgehead atoms. The van der Waals surface area contributed by atoms with Crippen LogP contribution in [0.4, 0.5) is 0 Å². The number of aliphatic hydroxyl groups is 1. The van der Waals surface area contributed by atoms with Gasteiger partial charge < -0.3 is 15.2 Å². The Morgan fingerprint density at radius 3 is 2.71 bits per heavy atom. The van der Waals surface area contributed by atoms with E-state index in [4.69, 9.17) is 22.1 Å². The SMILES string of the molecule is CCC(CO)NC(=S)NC(=O)c1cccc(OC(C)C)c1. The fraction of sp³-hybridized carbons (Fsp3) is 0.467. The maximum absolute atomic E-state index is 12.1. The van der Waals surface area contributed by atoms with Crippen molar-refractivity contribution >= 4 is 23.2 Å². The number of aliphatic hydroxyl groups excluding tert-OH is 1. The molecular formula is C15H22N2O3S. The summed E-state index contributed by atoms with van der Waals surface area (Å²) in [7, 11) is 0. The van der Waals surface area contributed by atoms with Gasteiger partial charge in [0.05, 0.1) is 18.8 Å². The first-order valence-corrected chi connectivity index (χ1v) is 7.36. The summed E-state index contributed by atoms with van der Waals surface area (Å²) in [4.78, 5) is 12.1. The molecule has 0 spiro atoms. The predicted octanol–water partition coefficient (Wildman–Crippen LogP) is 1.85. The van der Waals surface area contributed by atoms with Gasteiger partial charge >= 0.3 is 0 Å². The van der Waals surface area contributed by atoms with Crippen LogP contribution >= 0.6 is 12.2 Å². The number of hydrogen-bond donors (Lipinski definition) is 3. The van der Waals surface area contributed by atoms with Crippen LogP contribution in [0.25, 0.3) is 0 Å². The van der Waals surface area contributed by atoms with Crippen LogP contribution in [0.3, 0.4) is 0 Å². The first-order chi connectivity index (χ1) is 9.96. The highest BCUT2D eigenvalue weighted by molar-refractivity contribution is 7.80. The third-order valence-corrected chi connectivity index (χ3v) is 2.96. The summed E-state index contributed by atoms with van der Waals surface area (Å²) in [6, 6.07) is 6.75. The molecule has 6 heteroatoms. The van der Waals surface area contributed by atoms with Crippen molar-refractivity contribution in [3.63, 3.8) is 0 Å². The fourth-order valence-corrected chi connectivity index (χ4v) is 1.92. The maximum Gasteiger partial charge on any atom is 0.257 e. The van der Waals surface area contributed by atoms with Crippen LogP contribution in [0.1, 0.15) is 37.6 Å². The highest BCUT2D eigenvalue weighted by Gasteiger charge is 2.11. The van der Waals surface area contributed by atoms with E-state index in [9.17, 15) is 4.79 Å². The van der Waals surface area contributed by atoms with Crippen molar-refractivity contribution < 1.29 is 14.6 Å². The van der Waals surface area contributed by atoms with Crippen molar-refractivity contribution in [1.82, 2.24) is 10.6 Å². The summed E-state index contributed by atoms with van der Waals surface area (Å²) in [5.74, 6) is 0.327. The minimum Gasteiger partial charge on any atom is -0.491 e. The van der Waals surface area contributed by atoms with Crippen LogP contribution in [0.15, 0.2) is 24.3 Å². The number of benzene rings is 1. The summed E-state index contributed by atoms with van der Waals surface area (Å²) >= 11 is 5.06. The van der Waals surface area contributed by atoms with E-state index in [1.807, 2.05) is 20.8 Å². The van der Waals surface area contributed by atoms with E-state index in [0.29, 0.717) is 17.7 Å². The van der Waals surface area contributed by atoms with Crippen LogP contribution in [-0.4, -0.2) is 34.9 Å². The van der Waals surface area contributed by atoms with Gasteiger partial charge in [0.1, 0.15) is 5.75 Å². The Hall–Kier alpha value is -1.66. The number of rotatable bonds is 6. The monoisotopic (exact) mass is 310 g/mol. The van der Waals surface area contributed by atoms with Crippen molar-refractivity contribution in [1.29, 1.82) is 0 Å². The van der Waals surface area contributed by atoms with Gasteiger partial charge in [-0.2, -0.15) is 0 Å². The molecule has 0 radical (unpaired) electrons. The van der Waals surface area contributed by atoms with Crippen molar-refractivity contribution in [2.45, 2.75) is 39.3 Å². The Bertz CT molecular complexity index is 488. The van der Waals surface area contributed by atoms with Crippen LogP contribution < -0.4 is 15.4 Å². The maximum atomic E-state index is 12.1. The van der Waals surface area contributed by atoms with Crippen molar-refractivity contribution in [2.75, 3.05) is 6.61 Å². The van der Waals surface area contributed by atoms with Crippen LogP contribution in [0.5, 0.6) is 5.75 Å². The van der Waals surface area contributed by atoms with E-state index in [1.165, 1.54) is 0 Å². The minimum absolute atomic E-state index is 0.0375. The molecule has 3 N–H and O–H groups in total. The zero-order valence-corrected chi connectivity index (χ0v) is 13.4. The van der Waals surface area contributed by atoms with E-state index < -0.39 is 0 Å². The molecule has 0 aromatic heterocycles. The predicted molar refractivity (Wildman–Crippen MR) is 86.6 cm³/mol. The second kappa shape index (κ2) is 8.59. The van der Waals surface area contributed by atoms with E-state index in [-0.39, 0.29) is 29.8 Å². The van der Waals surface area contributed by atoms with Gasteiger partial charge in [0.15, 0.2) is 5.11 Å². The number of carbonyl (C=O) groups excluding carboxylic acids is 1. The molecule has 21 heavy (non-hydrogen) atoms. The smallest absolute Gasteiger partial charge is 0.257 e. The van der Waals surface area contributed by atoms with E-state index in [1.54, 1.807) is 24.3 Å². The van der Waals surface area contributed by atoms with Crippen molar-refractivity contribution in [2.24, 2.45) is 0 Å². The minimum atomic E-state index is -0.311. The molecule has 1 aromatic carbocycles. The highest BCUT2D eigenvalue weighted by Crippen LogP contribution is 2.14. The van der Waals surface area contributed by atoms with E-state index in [2.05, 4.69) is 10.6 Å². The van der Waals surface area contributed by atoms with E-state index >= 15 is 0 Å². The van der Waals surface area contributed by atoms with E-state index in [0.717, 1.165) is 0 Å². The molecule has 0 aliphatic rings. The average molecular weight is 310 g/mol. The molecule has 1 unspecified atom stereocenters. The molecule has 5 nitrogen and oxygen atoms in total. The van der Waals surface area contributed by atoms with Crippen LogP contribution in [0, 0.1) is 0 Å². The van der Waals surface area contributed by atoms with Crippen LogP contribution in [0.2, 0.25) is 0 Å². The zero-order valence-electron chi connectivity index (χ0n) is 12.6. The topological polar surface area (TPSA) is 70.6 Å². The molecule has 0 aliphatic heterocycles. The second-order valence-electron chi connectivity index (χ2n) is 4.91. The lowest BCUT2D eigenvalue weighted by atomic mass is 10.2. The van der Waals surface area contributed by atoms with Crippen molar-refractivity contribution in [3.05, 3.63) is 29.8 Å². The standard InChI is InChI=1S/C15H22N2O3S/c1-4-12(9-18)16-15(21)17-14(19)11-6-5-7-13(8-11)20-10(2)3/h5-8,10,12,18H,4,9H2,1-3H3,(H2,16,17,19,21). The molecule has 0 aliphatic carbocycles. The summed E-state index contributed by atoms with van der Waals surface area (Å²) in [6.07, 6.45) is 0.755. The molecule has 0 fully saturated rings. The molecule has 116 valence electrons. The Balaban J connectivity index is 2.65. The summed E-state index contributed by atoms with van der Waals surface area (Å²) in [5.41, 5.74) is 0.467.